The molecule has 0 radical (unpaired) electrons. The first-order chi connectivity index (χ1) is 10.6. The van der Waals surface area contributed by atoms with Crippen LogP contribution in [0, 0.1) is 5.92 Å². The van der Waals surface area contributed by atoms with Crippen LogP contribution in [0.3, 0.4) is 0 Å². The number of carbonyl (C=O) groups is 1. The van der Waals surface area contributed by atoms with Gasteiger partial charge in [-0.15, -0.1) is 0 Å². The molecule has 0 heterocycles. The lowest BCUT2D eigenvalue weighted by atomic mass is 9.91. The first-order valence-electron chi connectivity index (χ1n) is 8.27. The third-order valence-electron chi connectivity index (χ3n) is 3.76. The van der Waals surface area contributed by atoms with Gasteiger partial charge in [0.15, 0.2) is 5.76 Å². The minimum Gasteiger partial charge on any atom is -0.506 e. The van der Waals surface area contributed by atoms with Crippen LogP contribution in [0.1, 0.15) is 66.7 Å². The summed E-state index contributed by atoms with van der Waals surface area (Å²) in [6, 6.07) is 0. The van der Waals surface area contributed by atoms with Crippen molar-refractivity contribution in [1.82, 2.24) is 0 Å². The second kappa shape index (κ2) is 9.78. The Morgan fingerprint density at radius 2 is 1.74 bits per heavy atom. The first-order valence-corrected chi connectivity index (χ1v) is 8.27. The largest absolute Gasteiger partial charge is 0.506 e. The van der Waals surface area contributed by atoms with Crippen LogP contribution in [-0.4, -0.2) is 44.2 Å². The van der Waals surface area contributed by atoms with Crippen molar-refractivity contribution in [2.75, 3.05) is 0 Å². The van der Waals surface area contributed by atoms with E-state index in [0.29, 0.717) is 12.3 Å². The SMILES string of the molecule is CCCCC(C)CC(C)(C)OC(=O)/C(O)=C(\O)C(O)C(O)CC. The van der Waals surface area contributed by atoms with Gasteiger partial charge in [-0.05, 0) is 32.6 Å². The third kappa shape index (κ3) is 7.70. The molecule has 0 aliphatic carbocycles. The highest BCUT2D eigenvalue weighted by molar-refractivity contribution is 5.86. The van der Waals surface area contributed by atoms with E-state index in [4.69, 9.17) is 4.74 Å². The molecule has 0 aliphatic heterocycles. The van der Waals surface area contributed by atoms with E-state index in [1.807, 2.05) is 0 Å². The van der Waals surface area contributed by atoms with Crippen molar-refractivity contribution < 1.29 is 30.0 Å². The van der Waals surface area contributed by atoms with Gasteiger partial charge in [0.2, 0.25) is 5.76 Å². The quantitative estimate of drug-likeness (QED) is 0.278. The molecular weight excluding hydrogens is 300 g/mol. The summed E-state index contributed by atoms with van der Waals surface area (Å²) in [7, 11) is 0. The van der Waals surface area contributed by atoms with Gasteiger partial charge in [0.05, 0.1) is 6.10 Å². The van der Waals surface area contributed by atoms with Crippen LogP contribution in [0.5, 0.6) is 0 Å². The van der Waals surface area contributed by atoms with Crippen molar-refractivity contribution in [1.29, 1.82) is 0 Å². The third-order valence-corrected chi connectivity index (χ3v) is 3.76. The molecule has 23 heavy (non-hydrogen) atoms. The molecule has 0 fully saturated rings. The van der Waals surface area contributed by atoms with Crippen LogP contribution >= 0.6 is 0 Å². The van der Waals surface area contributed by atoms with E-state index in [-0.39, 0.29) is 6.42 Å². The molecule has 0 aromatic carbocycles. The van der Waals surface area contributed by atoms with E-state index in [0.717, 1.165) is 19.3 Å². The summed E-state index contributed by atoms with van der Waals surface area (Å²) in [4.78, 5) is 11.9. The van der Waals surface area contributed by atoms with Crippen LogP contribution in [0.25, 0.3) is 0 Å². The molecule has 0 spiro atoms. The van der Waals surface area contributed by atoms with Gasteiger partial charge in [-0.2, -0.15) is 0 Å². The van der Waals surface area contributed by atoms with E-state index in [1.54, 1.807) is 20.8 Å². The molecule has 0 rings (SSSR count). The zero-order valence-electron chi connectivity index (χ0n) is 14.9. The number of hydrogen-bond donors (Lipinski definition) is 4. The van der Waals surface area contributed by atoms with Gasteiger partial charge in [-0.1, -0.05) is 40.0 Å². The summed E-state index contributed by atoms with van der Waals surface area (Å²) in [5.41, 5.74) is -0.813. The molecule has 0 bridgehead atoms. The number of carbonyl (C=O) groups excluding carboxylic acids is 1. The molecule has 0 saturated carbocycles. The lowest BCUT2D eigenvalue weighted by Crippen LogP contribution is -2.33. The molecule has 0 aromatic rings. The molecule has 4 N–H and O–H groups in total. The fraction of sp³-hybridized carbons (Fsp3) is 0.824. The van der Waals surface area contributed by atoms with Crippen molar-refractivity contribution in [3.63, 3.8) is 0 Å². The van der Waals surface area contributed by atoms with Crippen LogP contribution in [0.15, 0.2) is 11.5 Å². The standard InChI is InChI=1S/C17H32O6/c1-6-8-9-11(3)10-17(4,5)23-16(22)15(21)14(20)13(19)12(18)7-2/h11-13,18-21H,6-10H2,1-5H3/b15-14+. The minimum absolute atomic E-state index is 0.161. The normalized spacial score (nSPS) is 17.2. The summed E-state index contributed by atoms with van der Waals surface area (Å²) in [6.45, 7) is 9.24. The fourth-order valence-corrected chi connectivity index (χ4v) is 2.48. The predicted molar refractivity (Wildman–Crippen MR) is 88.1 cm³/mol. The average Bonchev–Trinajstić information content (AvgIpc) is 2.48. The molecule has 0 saturated heterocycles. The molecule has 6 heteroatoms. The highest BCUT2D eigenvalue weighted by atomic mass is 16.6. The molecule has 136 valence electrons. The number of aliphatic hydroxyl groups is 4. The van der Waals surface area contributed by atoms with E-state index in [2.05, 4.69) is 13.8 Å². The molecule has 0 aromatic heterocycles. The van der Waals surface area contributed by atoms with Gasteiger partial charge < -0.3 is 25.2 Å². The Morgan fingerprint density at radius 1 is 1.17 bits per heavy atom. The first kappa shape index (κ1) is 21.7. The number of unbranched alkanes of at least 4 members (excludes halogenated alkanes) is 1. The highest BCUT2D eigenvalue weighted by Gasteiger charge is 2.31. The van der Waals surface area contributed by atoms with Gasteiger partial charge >= 0.3 is 5.97 Å². The molecule has 3 unspecified atom stereocenters. The van der Waals surface area contributed by atoms with Gasteiger partial charge in [-0.25, -0.2) is 4.79 Å². The second-order valence-electron chi connectivity index (χ2n) is 6.76. The Balaban J connectivity index is 4.83. The highest BCUT2D eigenvalue weighted by Crippen LogP contribution is 2.25. The summed E-state index contributed by atoms with van der Waals surface area (Å²) < 4.78 is 5.24. The Kier molecular flexibility index (Phi) is 9.24. The molecule has 3 atom stereocenters. The molecule has 0 aliphatic rings. The van der Waals surface area contributed by atoms with Gasteiger partial charge in [0.1, 0.15) is 11.7 Å². The van der Waals surface area contributed by atoms with E-state index in [9.17, 15) is 25.2 Å². The van der Waals surface area contributed by atoms with Crippen LogP contribution in [0.2, 0.25) is 0 Å². The average molecular weight is 332 g/mol. The van der Waals surface area contributed by atoms with Gasteiger partial charge in [-0.3, -0.25) is 0 Å². The van der Waals surface area contributed by atoms with Crippen molar-refractivity contribution in [3.8, 4) is 0 Å². The number of hydrogen-bond acceptors (Lipinski definition) is 6. The van der Waals surface area contributed by atoms with Crippen molar-refractivity contribution >= 4 is 5.97 Å². The zero-order chi connectivity index (χ0) is 18.2. The number of esters is 1. The Morgan fingerprint density at radius 3 is 2.22 bits per heavy atom. The van der Waals surface area contributed by atoms with Crippen LogP contribution < -0.4 is 0 Å². The lowest BCUT2D eigenvalue weighted by molar-refractivity contribution is -0.156. The lowest BCUT2D eigenvalue weighted by Gasteiger charge is -2.28. The minimum atomic E-state index is -1.72. The predicted octanol–water partition coefficient (Wildman–Crippen LogP) is 2.98. The topological polar surface area (TPSA) is 107 Å². The Bertz CT molecular complexity index is 402. The maximum atomic E-state index is 11.9. The van der Waals surface area contributed by atoms with Crippen molar-refractivity contribution in [2.24, 2.45) is 5.92 Å². The van der Waals surface area contributed by atoms with Crippen LogP contribution in [0.4, 0.5) is 0 Å². The summed E-state index contributed by atoms with van der Waals surface area (Å²) in [6.07, 6.45) is 0.996. The number of rotatable bonds is 10. The van der Waals surface area contributed by atoms with E-state index < -0.39 is 35.3 Å². The van der Waals surface area contributed by atoms with Crippen molar-refractivity contribution in [2.45, 2.75) is 84.5 Å². The maximum absolute atomic E-state index is 11.9. The van der Waals surface area contributed by atoms with E-state index in [1.165, 1.54) is 0 Å². The Hall–Kier alpha value is -1.27. The fourth-order valence-electron chi connectivity index (χ4n) is 2.48. The maximum Gasteiger partial charge on any atom is 0.377 e. The summed E-state index contributed by atoms with van der Waals surface area (Å²) >= 11 is 0. The smallest absolute Gasteiger partial charge is 0.377 e. The molecule has 0 amide bonds. The Labute approximate surface area is 138 Å². The zero-order valence-corrected chi connectivity index (χ0v) is 14.9. The monoisotopic (exact) mass is 332 g/mol. The molecule has 6 nitrogen and oxygen atoms in total. The second-order valence-corrected chi connectivity index (χ2v) is 6.76. The molecular formula is C17H32O6. The van der Waals surface area contributed by atoms with Gasteiger partial charge in [0, 0.05) is 0 Å². The summed E-state index contributed by atoms with van der Waals surface area (Å²) in [5, 5.41) is 38.5. The van der Waals surface area contributed by atoms with E-state index >= 15 is 0 Å². The van der Waals surface area contributed by atoms with Crippen molar-refractivity contribution in [3.05, 3.63) is 11.5 Å². The van der Waals surface area contributed by atoms with Crippen LogP contribution in [-0.2, 0) is 9.53 Å². The number of aliphatic hydroxyl groups excluding tert-OH is 4. The van der Waals surface area contributed by atoms with Gasteiger partial charge in [0.25, 0.3) is 0 Å². The number of ether oxygens (including phenoxy) is 1. The summed E-state index contributed by atoms with van der Waals surface area (Å²) in [5.74, 6) is -2.80.